The van der Waals surface area contributed by atoms with Crippen LogP contribution in [0.15, 0.2) is 0 Å². The second-order valence-electron chi connectivity index (χ2n) is 2.54. The van der Waals surface area contributed by atoms with E-state index in [9.17, 15) is 4.79 Å². The zero-order chi connectivity index (χ0) is 6.69. The van der Waals surface area contributed by atoms with Crippen LogP contribution in [-0.4, -0.2) is 30.3 Å². The minimum absolute atomic E-state index is 0.0208. The topological polar surface area (TPSA) is 20.3 Å². The normalized spacial score (nSPS) is 24.1. The van der Waals surface area contributed by atoms with Gasteiger partial charge in [0.25, 0.3) is 0 Å². The van der Waals surface area contributed by atoms with Crippen LogP contribution >= 0.6 is 0 Å². The maximum Gasteiger partial charge on any atom is 0.216 e. The first-order chi connectivity index (χ1) is 4.34. The molecule has 0 aromatic carbocycles. The Morgan fingerprint density at radius 3 is 2.44 bits per heavy atom. The summed E-state index contributed by atoms with van der Waals surface area (Å²) in [6.45, 7) is 4.06. The molecule has 0 aromatic rings. The molecule has 1 saturated heterocycles. The van der Waals surface area contributed by atoms with Crippen LogP contribution < -0.4 is 0 Å². The van der Waals surface area contributed by atoms with E-state index in [1.54, 1.807) is 0 Å². The van der Waals surface area contributed by atoms with Crippen molar-refractivity contribution in [3.63, 3.8) is 0 Å². The minimum Gasteiger partial charge on any atom is -0.293 e. The lowest BCUT2D eigenvalue weighted by Gasteiger charge is -2.16. The van der Waals surface area contributed by atoms with E-state index in [1.165, 1.54) is 12.8 Å². The highest BCUT2D eigenvalue weighted by atomic mass is 16.1. The smallest absolute Gasteiger partial charge is 0.216 e. The van der Waals surface area contributed by atoms with Crippen molar-refractivity contribution in [3.8, 4) is 0 Å². The number of hydrogen-bond donors (Lipinski definition) is 0. The highest BCUT2D eigenvalue weighted by Crippen LogP contribution is 2.09. The van der Waals surface area contributed by atoms with E-state index in [-0.39, 0.29) is 6.04 Å². The van der Waals surface area contributed by atoms with Gasteiger partial charge in [0.2, 0.25) is 6.29 Å². The summed E-state index contributed by atoms with van der Waals surface area (Å²) in [5.74, 6) is 0. The molecule has 1 rings (SSSR count). The quantitative estimate of drug-likeness (QED) is 0.539. The Labute approximate surface area is 55.8 Å². The fourth-order valence-corrected chi connectivity index (χ4v) is 1.20. The molecule has 1 aliphatic heterocycles. The lowest BCUT2D eigenvalue weighted by Crippen LogP contribution is -2.30. The average molecular weight is 126 g/mol. The van der Waals surface area contributed by atoms with Gasteiger partial charge in [-0.25, -0.2) is 0 Å². The lowest BCUT2D eigenvalue weighted by atomic mass is 10.3. The molecule has 0 saturated carbocycles. The molecule has 0 aliphatic carbocycles. The van der Waals surface area contributed by atoms with E-state index in [2.05, 4.69) is 4.90 Å². The van der Waals surface area contributed by atoms with Crippen LogP contribution in [0.2, 0.25) is 0 Å². The summed E-state index contributed by atoms with van der Waals surface area (Å²) >= 11 is 0. The summed E-state index contributed by atoms with van der Waals surface area (Å²) in [5, 5.41) is 0. The molecule has 0 bridgehead atoms. The van der Waals surface area contributed by atoms with E-state index in [1.807, 2.05) is 13.2 Å². The molecular weight excluding hydrogens is 114 g/mol. The van der Waals surface area contributed by atoms with Crippen molar-refractivity contribution in [2.75, 3.05) is 13.1 Å². The van der Waals surface area contributed by atoms with Gasteiger partial charge in [-0.3, -0.25) is 9.69 Å². The van der Waals surface area contributed by atoms with E-state index in [4.69, 9.17) is 0 Å². The average Bonchev–Trinajstić information content (AvgIpc) is 2.37. The number of hydrogen-bond acceptors (Lipinski definition) is 2. The van der Waals surface area contributed by atoms with E-state index >= 15 is 0 Å². The third-order valence-electron chi connectivity index (χ3n) is 1.86. The van der Waals surface area contributed by atoms with Crippen molar-refractivity contribution in [1.29, 1.82) is 0 Å². The van der Waals surface area contributed by atoms with Crippen molar-refractivity contribution in [3.05, 3.63) is 0 Å². The van der Waals surface area contributed by atoms with Gasteiger partial charge in [0, 0.05) is 0 Å². The summed E-state index contributed by atoms with van der Waals surface area (Å²) in [6, 6.07) is 0.0208. The van der Waals surface area contributed by atoms with Crippen molar-refractivity contribution in [2.45, 2.75) is 25.8 Å². The zero-order valence-corrected chi connectivity index (χ0v) is 5.76. The van der Waals surface area contributed by atoms with Crippen molar-refractivity contribution < 1.29 is 4.79 Å². The molecule has 0 aromatic heterocycles. The van der Waals surface area contributed by atoms with Gasteiger partial charge < -0.3 is 0 Å². The largest absolute Gasteiger partial charge is 0.293 e. The second kappa shape index (κ2) is 2.97. The Morgan fingerprint density at radius 1 is 1.44 bits per heavy atom. The molecule has 1 radical (unpaired) electrons. The van der Waals surface area contributed by atoms with E-state index in [0.717, 1.165) is 13.1 Å². The van der Waals surface area contributed by atoms with Gasteiger partial charge in [0.15, 0.2) is 0 Å². The first kappa shape index (κ1) is 6.75. The van der Waals surface area contributed by atoms with Crippen molar-refractivity contribution >= 4 is 6.29 Å². The summed E-state index contributed by atoms with van der Waals surface area (Å²) in [5.41, 5.74) is 0. The fourth-order valence-electron chi connectivity index (χ4n) is 1.20. The van der Waals surface area contributed by atoms with Gasteiger partial charge in [-0.2, -0.15) is 0 Å². The molecule has 1 heterocycles. The van der Waals surface area contributed by atoms with Crippen LogP contribution in [0.1, 0.15) is 19.8 Å². The summed E-state index contributed by atoms with van der Waals surface area (Å²) in [7, 11) is 0. The van der Waals surface area contributed by atoms with Crippen molar-refractivity contribution in [1.82, 2.24) is 4.90 Å². The third kappa shape index (κ3) is 1.52. The standard InChI is InChI=1S/C7H12NO/c1-7(6-9)8-4-2-3-5-8/h7H,2-5H2,1H3. The Balaban J connectivity index is 2.32. The van der Waals surface area contributed by atoms with E-state index < -0.39 is 0 Å². The second-order valence-corrected chi connectivity index (χ2v) is 2.54. The Morgan fingerprint density at radius 2 is 2.00 bits per heavy atom. The lowest BCUT2D eigenvalue weighted by molar-refractivity contribution is 0.306. The van der Waals surface area contributed by atoms with Gasteiger partial charge >= 0.3 is 0 Å². The molecule has 1 aliphatic rings. The van der Waals surface area contributed by atoms with Gasteiger partial charge in [0.05, 0.1) is 6.04 Å². The molecular formula is C7H12NO. The molecule has 2 heteroatoms. The Bertz CT molecular complexity index is 97.1. The molecule has 9 heavy (non-hydrogen) atoms. The van der Waals surface area contributed by atoms with Crippen LogP contribution in [0.3, 0.4) is 0 Å². The predicted octanol–water partition coefficient (Wildman–Crippen LogP) is 0.580. The highest BCUT2D eigenvalue weighted by molar-refractivity contribution is 5.57. The molecule has 51 valence electrons. The summed E-state index contributed by atoms with van der Waals surface area (Å²) in [6.07, 6.45) is 4.47. The maximum atomic E-state index is 10.1. The molecule has 1 atom stereocenters. The van der Waals surface area contributed by atoms with Crippen LogP contribution in [0.25, 0.3) is 0 Å². The van der Waals surface area contributed by atoms with Crippen LogP contribution in [0.4, 0.5) is 0 Å². The summed E-state index contributed by atoms with van der Waals surface area (Å²) < 4.78 is 0. The minimum atomic E-state index is 0.0208. The van der Waals surface area contributed by atoms with Gasteiger partial charge in [0.1, 0.15) is 0 Å². The first-order valence-electron chi connectivity index (χ1n) is 3.46. The molecule has 0 N–H and O–H groups in total. The highest BCUT2D eigenvalue weighted by Gasteiger charge is 2.16. The van der Waals surface area contributed by atoms with Gasteiger partial charge in [-0.05, 0) is 32.9 Å². The fraction of sp³-hybridized carbons (Fsp3) is 0.857. The Hall–Kier alpha value is -0.370. The van der Waals surface area contributed by atoms with Crippen LogP contribution in [-0.2, 0) is 4.79 Å². The molecule has 1 fully saturated rings. The van der Waals surface area contributed by atoms with Gasteiger partial charge in [-0.15, -0.1) is 0 Å². The van der Waals surface area contributed by atoms with Crippen LogP contribution in [0.5, 0.6) is 0 Å². The molecule has 0 spiro atoms. The number of rotatable bonds is 2. The molecule has 1 unspecified atom stereocenters. The number of carbonyl (C=O) groups excluding carboxylic acids is 1. The molecule has 2 nitrogen and oxygen atoms in total. The van der Waals surface area contributed by atoms with Crippen molar-refractivity contribution in [2.24, 2.45) is 0 Å². The zero-order valence-electron chi connectivity index (χ0n) is 5.76. The SMILES string of the molecule is CC([C]=O)N1CCCC1. The Kier molecular flexibility index (Phi) is 2.22. The van der Waals surface area contributed by atoms with E-state index in [0.29, 0.717) is 0 Å². The third-order valence-corrected chi connectivity index (χ3v) is 1.86. The predicted molar refractivity (Wildman–Crippen MR) is 36.0 cm³/mol. The number of likely N-dealkylation sites (tertiary alicyclic amines) is 1. The monoisotopic (exact) mass is 126 g/mol. The first-order valence-corrected chi connectivity index (χ1v) is 3.46. The van der Waals surface area contributed by atoms with Crippen LogP contribution in [0, 0.1) is 0 Å². The summed E-state index contributed by atoms with van der Waals surface area (Å²) in [4.78, 5) is 12.3. The van der Waals surface area contributed by atoms with Gasteiger partial charge in [-0.1, -0.05) is 0 Å². The number of nitrogens with zero attached hydrogens (tertiary/aromatic N) is 1. The molecule has 0 amide bonds. The maximum absolute atomic E-state index is 10.1.